The Labute approximate surface area is 208 Å². The Morgan fingerprint density at radius 1 is 0.545 bits per heavy atom. The van der Waals surface area contributed by atoms with Crippen LogP contribution in [-0.4, -0.2) is 12.1 Å². The van der Waals surface area contributed by atoms with Crippen LogP contribution in [0.1, 0.15) is 11.1 Å². The Kier molecular flexibility index (Phi) is 12.4. The molecular formula is C26H26FeN4O2+2. The third kappa shape index (κ3) is 10.8. The Bertz CT molecular complexity index is 738. The maximum Gasteiger partial charge on any atom is 2.00 e. The number of carbonyl (C=O) groups is 2. The van der Waals surface area contributed by atoms with Crippen LogP contribution in [0, 0.1) is 63.5 Å². The molecule has 0 spiro atoms. The van der Waals surface area contributed by atoms with E-state index >= 15 is 0 Å². The van der Waals surface area contributed by atoms with Crippen molar-refractivity contribution >= 4 is 12.1 Å². The molecule has 0 bridgehead atoms. The SMILES string of the molecule is O=C(NCc1ccccc1)N[C]1[CH][CH][CH][CH]1.O=C(NCc1ccccc1)N[C]1[CH][CH][CH][CH]1.[Fe+2]. The molecule has 0 atom stereocenters. The summed E-state index contributed by atoms with van der Waals surface area (Å²) < 4.78 is 0. The molecular weight excluding hydrogens is 456 g/mol. The maximum absolute atomic E-state index is 11.5. The Morgan fingerprint density at radius 3 is 1.21 bits per heavy atom. The van der Waals surface area contributed by atoms with Crippen molar-refractivity contribution in [2.45, 2.75) is 13.1 Å². The molecule has 4 N–H and O–H groups in total. The van der Waals surface area contributed by atoms with E-state index in [0.29, 0.717) is 13.1 Å². The van der Waals surface area contributed by atoms with Gasteiger partial charge in [-0.3, -0.25) is 0 Å². The normalized spacial score (nSPS) is 15.5. The maximum atomic E-state index is 11.5. The number of hydrogen-bond donors (Lipinski definition) is 4. The molecule has 2 aromatic carbocycles. The van der Waals surface area contributed by atoms with Crippen molar-refractivity contribution in [2.75, 3.05) is 0 Å². The molecule has 0 aromatic heterocycles. The molecule has 0 saturated heterocycles. The molecule has 2 saturated carbocycles. The van der Waals surface area contributed by atoms with E-state index < -0.39 is 0 Å². The minimum absolute atomic E-state index is 0. The zero-order valence-electron chi connectivity index (χ0n) is 18.0. The van der Waals surface area contributed by atoms with Gasteiger partial charge >= 0.3 is 29.1 Å². The summed E-state index contributed by atoms with van der Waals surface area (Å²) in [6.07, 6.45) is 14.9. The molecule has 2 aliphatic rings. The average Bonchev–Trinajstić information content (AvgIpc) is 3.53. The van der Waals surface area contributed by atoms with Gasteiger partial charge in [0.2, 0.25) is 0 Å². The van der Waals surface area contributed by atoms with E-state index in [1.165, 1.54) is 0 Å². The number of rotatable bonds is 6. The van der Waals surface area contributed by atoms with Gasteiger partial charge in [-0.1, -0.05) is 60.7 Å². The number of hydrogen-bond acceptors (Lipinski definition) is 2. The fraction of sp³-hybridized carbons (Fsp3) is 0.0769. The Morgan fingerprint density at radius 2 is 0.879 bits per heavy atom. The third-order valence-corrected chi connectivity index (χ3v) is 4.43. The van der Waals surface area contributed by atoms with E-state index in [1.807, 2.05) is 112 Å². The largest absolute Gasteiger partial charge is 2.00 e. The van der Waals surface area contributed by atoms with Gasteiger partial charge in [0, 0.05) is 13.1 Å². The summed E-state index contributed by atoms with van der Waals surface area (Å²) in [5, 5.41) is 11.1. The molecule has 2 aromatic rings. The predicted molar refractivity (Wildman–Crippen MR) is 125 cm³/mol. The second kappa shape index (κ2) is 15.4. The van der Waals surface area contributed by atoms with Crippen LogP contribution >= 0.6 is 0 Å². The van der Waals surface area contributed by atoms with E-state index in [1.54, 1.807) is 0 Å². The molecule has 2 aliphatic carbocycles. The molecule has 4 amide bonds. The smallest absolute Gasteiger partial charge is 0.334 e. The molecule has 0 unspecified atom stereocenters. The number of carbonyl (C=O) groups excluding carboxylic acids is 2. The summed E-state index contributed by atoms with van der Waals surface area (Å²) in [7, 11) is 0. The average molecular weight is 482 g/mol. The molecule has 33 heavy (non-hydrogen) atoms. The molecule has 168 valence electrons. The number of nitrogens with one attached hydrogen (secondary N) is 4. The fourth-order valence-electron chi connectivity index (χ4n) is 2.82. The van der Waals surface area contributed by atoms with Crippen LogP contribution in [0.25, 0.3) is 0 Å². The van der Waals surface area contributed by atoms with Crippen molar-refractivity contribution in [3.8, 4) is 0 Å². The van der Waals surface area contributed by atoms with Crippen LogP contribution < -0.4 is 21.3 Å². The third-order valence-electron chi connectivity index (χ3n) is 4.43. The van der Waals surface area contributed by atoms with E-state index in [0.717, 1.165) is 23.2 Å². The van der Waals surface area contributed by atoms with E-state index in [-0.39, 0.29) is 29.1 Å². The van der Waals surface area contributed by atoms with Crippen molar-refractivity contribution in [3.63, 3.8) is 0 Å². The summed E-state index contributed by atoms with van der Waals surface area (Å²) in [4.78, 5) is 22.9. The van der Waals surface area contributed by atoms with Gasteiger partial charge in [0.05, 0.1) is 12.1 Å². The van der Waals surface area contributed by atoms with Gasteiger partial charge in [0.1, 0.15) is 0 Å². The molecule has 0 heterocycles. The summed E-state index contributed by atoms with van der Waals surface area (Å²) in [5.41, 5.74) is 2.17. The first-order valence-corrected chi connectivity index (χ1v) is 10.3. The van der Waals surface area contributed by atoms with E-state index in [9.17, 15) is 9.59 Å². The van der Waals surface area contributed by atoms with Crippen molar-refractivity contribution in [3.05, 3.63) is 135 Å². The molecule has 2 fully saturated rings. The molecule has 0 aliphatic heterocycles. The van der Waals surface area contributed by atoms with E-state index in [4.69, 9.17) is 0 Å². The first-order valence-electron chi connectivity index (χ1n) is 10.3. The number of benzene rings is 2. The van der Waals surface area contributed by atoms with Gasteiger partial charge in [-0.15, -0.1) is 0 Å². The second-order valence-corrected chi connectivity index (χ2v) is 6.93. The summed E-state index contributed by atoms with van der Waals surface area (Å²) >= 11 is 0. The second-order valence-electron chi connectivity index (χ2n) is 6.93. The monoisotopic (exact) mass is 482 g/mol. The van der Waals surface area contributed by atoms with Crippen molar-refractivity contribution < 1.29 is 26.7 Å². The predicted octanol–water partition coefficient (Wildman–Crippen LogP) is 3.69. The number of amides is 4. The van der Waals surface area contributed by atoms with Crippen LogP contribution in [0.3, 0.4) is 0 Å². The van der Waals surface area contributed by atoms with E-state index in [2.05, 4.69) is 21.3 Å². The summed E-state index contributed by atoms with van der Waals surface area (Å²) in [6, 6.07) is 20.9. The van der Waals surface area contributed by atoms with Crippen LogP contribution in [0.2, 0.25) is 0 Å². The Hall–Kier alpha value is -2.50. The fourth-order valence-corrected chi connectivity index (χ4v) is 2.82. The molecule has 4 rings (SSSR count). The topological polar surface area (TPSA) is 82.3 Å². The van der Waals surface area contributed by atoms with Gasteiger partial charge in [0.15, 0.2) is 0 Å². The van der Waals surface area contributed by atoms with Gasteiger partial charge < -0.3 is 21.3 Å². The minimum atomic E-state index is -0.185. The molecule has 7 heteroatoms. The van der Waals surface area contributed by atoms with Gasteiger partial charge in [-0.05, 0) is 62.5 Å². The van der Waals surface area contributed by atoms with Gasteiger partial charge in [0.25, 0.3) is 0 Å². The summed E-state index contributed by atoms with van der Waals surface area (Å²) in [5.74, 6) is 0. The standard InChI is InChI=1S/2C13H13N2O.Fe/c2*16-13(15-12-8-4-5-9-12)14-10-11-6-2-1-3-7-11;/h2*1-9H,10H2,(H2,14,15,16);/q;;+2. The van der Waals surface area contributed by atoms with Crippen molar-refractivity contribution in [2.24, 2.45) is 0 Å². The quantitative estimate of drug-likeness (QED) is 0.474. The van der Waals surface area contributed by atoms with Crippen LogP contribution in [0.4, 0.5) is 9.59 Å². The van der Waals surface area contributed by atoms with Gasteiger partial charge in [-0.25, -0.2) is 9.59 Å². The summed E-state index contributed by atoms with van der Waals surface area (Å²) in [6.45, 7) is 1.07. The van der Waals surface area contributed by atoms with Crippen LogP contribution in [-0.2, 0) is 30.2 Å². The number of urea groups is 2. The van der Waals surface area contributed by atoms with Crippen LogP contribution in [0.15, 0.2) is 60.7 Å². The van der Waals surface area contributed by atoms with Crippen molar-refractivity contribution in [1.29, 1.82) is 0 Å². The minimum Gasteiger partial charge on any atom is -0.334 e. The Balaban J connectivity index is 0.000000227. The van der Waals surface area contributed by atoms with Crippen molar-refractivity contribution in [1.82, 2.24) is 21.3 Å². The first kappa shape index (κ1) is 26.7. The first-order chi connectivity index (χ1) is 15.7. The van der Waals surface area contributed by atoms with Gasteiger partial charge in [-0.2, -0.15) is 0 Å². The zero-order chi connectivity index (χ0) is 22.4. The van der Waals surface area contributed by atoms with Crippen LogP contribution in [0.5, 0.6) is 0 Å². The zero-order valence-corrected chi connectivity index (χ0v) is 19.1. The molecule has 6 nitrogen and oxygen atoms in total. The molecule has 10 radical (unpaired) electrons.